The number of nitrogens with two attached hydrogens (primary N) is 1. The standard InChI is InChI=1S/C14H20N2O4S/c1-3-12(10-20-2)16-14(17)9-6-11-4-7-13(8-5-11)21(15,18)19/h4-9,12H,3,10H2,1-2H3,(H,16,17)(H2,15,18,19). The van der Waals surface area contributed by atoms with Gasteiger partial charge in [0, 0.05) is 13.2 Å². The summed E-state index contributed by atoms with van der Waals surface area (Å²) in [6.45, 7) is 2.42. The molecule has 0 aliphatic rings. The van der Waals surface area contributed by atoms with Crippen molar-refractivity contribution >= 4 is 22.0 Å². The van der Waals surface area contributed by atoms with Crippen LogP contribution in [0.2, 0.25) is 0 Å². The van der Waals surface area contributed by atoms with Crippen LogP contribution in [0.5, 0.6) is 0 Å². The van der Waals surface area contributed by atoms with E-state index in [-0.39, 0.29) is 16.8 Å². The van der Waals surface area contributed by atoms with Gasteiger partial charge in [0.2, 0.25) is 15.9 Å². The van der Waals surface area contributed by atoms with Gasteiger partial charge in [-0.25, -0.2) is 13.6 Å². The molecule has 1 aromatic carbocycles. The average Bonchev–Trinajstić information content (AvgIpc) is 2.44. The quantitative estimate of drug-likeness (QED) is 0.730. The second-order valence-electron chi connectivity index (χ2n) is 4.52. The van der Waals surface area contributed by atoms with Crippen LogP contribution in [0.3, 0.4) is 0 Å². The van der Waals surface area contributed by atoms with E-state index in [1.807, 2.05) is 6.92 Å². The topological polar surface area (TPSA) is 98.5 Å². The lowest BCUT2D eigenvalue weighted by Crippen LogP contribution is -2.36. The van der Waals surface area contributed by atoms with Crippen LogP contribution in [-0.2, 0) is 19.6 Å². The normalized spacial score (nSPS) is 13.3. The highest BCUT2D eigenvalue weighted by atomic mass is 32.2. The minimum absolute atomic E-state index is 0.0306. The predicted molar refractivity (Wildman–Crippen MR) is 80.9 cm³/mol. The Balaban J connectivity index is 2.66. The Morgan fingerprint density at radius 1 is 1.38 bits per heavy atom. The van der Waals surface area contributed by atoms with Crippen LogP contribution in [0.25, 0.3) is 6.08 Å². The molecule has 1 aromatic rings. The van der Waals surface area contributed by atoms with E-state index in [1.165, 1.54) is 18.2 Å². The van der Waals surface area contributed by atoms with Crippen molar-refractivity contribution in [2.75, 3.05) is 13.7 Å². The molecule has 0 radical (unpaired) electrons. The van der Waals surface area contributed by atoms with Gasteiger partial charge in [-0.15, -0.1) is 0 Å². The van der Waals surface area contributed by atoms with Crippen molar-refractivity contribution in [1.82, 2.24) is 5.32 Å². The third-order valence-corrected chi connectivity index (χ3v) is 3.77. The first-order chi connectivity index (χ1) is 9.86. The van der Waals surface area contributed by atoms with E-state index in [2.05, 4.69) is 5.32 Å². The number of nitrogens with one attached hydrogen (secondary N) is 1. The summed E-state index contributed by atoms with van der Waals surface area (Å²) in [4.78, 5) is 11.8. The van der Waals surface area contributed by atoms with E-state index < -0.39 is 10.0 Å². The number of hydrogen-bond acceptors (Lipinski definition) is 4. The zero-order valence-electron chi connectivity index (χ0n) is 12.1. The molecular weight excluding hydrogens is 292 g/mol. The van der Waals surface area contributed by atoms with Crippen LogP contribution < -0.4 is 10.5 Å². The van der Waals surface area contributed by atoms with Crippen LogP contribution in [0.1, 0.15) is 18.9 Å². The number of rotatable bonds is 7. The highest BCUT2D eigenvalue weighted by Gasteiger charge is 2.08. The molecule has 1 unspecified atom stereocenters. The lowest BCUT2D eigenvalue weighted by molar-refractivity contribution is -0.117. The lowest BCUT2D eigenvalue weighted by atomic mass is 10.2. The fourth-order valence-corrected chi connectivity index (χ4v) is 2.17. The van der Waals surface area contributed by atoms with Gasteiger partial charge in [0.05, 0.1) is 17.5 Å². The van der Waals surface area contributed by atoms with Gasteiger partial charge in [-0.05, 0) is 30.2 Å². The smallest absolute Gasteiger partial charge is 0.244 e. The van der Waals surface area contributed by atoms with E-state index in [4.69, 9.17) is 9.88 Å². The van der Waals surface area contributed by atoms with Gasteiger partial charge in [-0.2, -0.15) is 0 Å². The van der Waals surface area contributed by atoms with Crippen molar-refractivity contribution in [1.29, 1.82) is 0 Å². The minimum Gasteiger partial charge on any atom is -0.383 e. The highest BCUT2D eigenvalue weighted by molar-refractivity contribution is 7.89. The number of ether oxygens (including phenoxy) is 1. The van der Waals surface area contributed by atoms with Crippen LogP contribution in [0.15, 0.2) is 35.2 Å². The Bertz CT molecular complexity index is 594. The molecule has 0 saturated carbocycles. The maximum Gasteiger partial charge on any atom is 0.244 e. The number of carbonyl (C=O) groups excluding carboxylic acids is 1. The monoisotopic (exact) mass is 312 g/mol. The molecule has 0 fully saturated rings. The largest absolute Gasteiger partial charge is 0.383 e. The Hall–Kier alpha value is -1.70. The third-order valence-electron chi connectivity index (χ3n) is 2.84. The molecule has 0 heterocycles. The fraction of sp³-hybridized carbons (Fsp3) is 0.357. The number of hydrogen-bond donors (Lipinski definition) is 2. The van der Waals surface area contributed by atoms with E-state index >= 15 is 0 Å². The van der Waals surface area contributed by atoms with Crippen molar-refractivity contribution in [2.24, 2.45) is 5.14 Å². The minimum atomic E-state index is -3.69. The third kappa shape index (κ3) is 6.07. The first-order valence-electron chi connectivity index (χ1n) is 6.47. The molecule has 3 N–H and O–H groups in total. The zero-order valence-corrected chi connectivity index (χ0v) is 12.9. The molecule has 1 atom stereocenters. The summed E-state index contributed by atoms with van der Waals surface area (Å²) in [6, 6.07) is 5.92. The molecule has 0 saturated heterocycles. The van der Waals surface area contributed by atoms with Crippen LogP contribution >= 0.6 is 0 Å². The van der Waals surface area contributed by atoms with Gasteiger partial charge < -0.3 is 10.1 Å². The van der Waals surface area contributed by atoms with E-state index in [9.17, 15) is 13.2 Å². The number of amides is 1. The van der Waals surface area contributed by atoms with E-state index in [0.29, 0.717) is 12.2 Å². The van der Waals surface area contributed by atoms with Crippen molar-refractivity contribution in [2.45, 2.75) is 24.3 Å². The fourth-order valence-electron chi connectivity index (χ4n) is 1.65. The van der Waals surface area contributed by atoms with Crippen LogP contribution in [0.4, 0.5) is 0 Å². The summed E-state index contributed by atoms with van der Waals surface area (Å²) in [5.74, 6) is -0.227. The number of sulfonamides is 1. The molecule has 6 nitrogen and oxygen atoms in total. The maximum absolute atomic E-state index is 11.7. The maximum atomic E-state index is 11.7. The van der Waals surface area contributed by atoms with Crippen molar-refractivity contribution in [3.8, 4) is 0 Å². The van der Waals surface area contributed by atoms with Gasteiger partial charge in [0.1, 0.15) is 0 Å². The summed E-state index contributed by atoms with van der Waals surface area (Å²) < 4.78 is 27.2. The van der Waals surface area contributed by atoms with Crippen molar-refractivity contribution in [3.63, 3.8) is 0 Å². The first-order valence-corrected chi connectivity index (χ1v) is 8.01. The Morgan fingerprint density at radius 3 is 2.48 bits per heavy atom. The molecule has 116 valence electrons. The summed E-state index contributed by atoms with van der Waals surface area (Å²) in [5, 5.41) is 7.81. The van der Waals surface area contributed by atoms with E-state index in [1.54, 1.807) is 25.3 Å². The molecule has 0 aromatic heterocycles. The molecule has 0 spiro atoms. The van der Waals surface area contributed by atoms with Gasteiger partial charge >= 0.3 is 0 Å². The second kappa shape index (κ2) is 7.92. The number of benzene rings is 1. The van der Waals surface area contributed by atoms with Crippen molar-refractivity contribution in [3.05, 3.63) is 35.9 Å². The van der Waals surface area contributed by atoms with Gasteiger partial charge in [0.15, 0.2) is 0 Å². The zero-order chi connectivity index (χ0) is 15.9. The lowest BCUT2D eigenvalue weighted by Gasteiger charge is -2.14. The first kappa shape index (κ1) is 17.4. The molecular formula is C14H20N2O4S. The second-order valence-corrected chi connectivity index (χ2v) is 6.08. The van der Waals surface area contributed by atoms with E-state index in [0.717, 1.165) is 6.42 Å². The molecule has 1 amide bonds. The number of carbonyl (C=O) groups is 1. The molecule has 1 rings (SSSR count). The number of primary sulfonamides is 1. The van der Waals surface area contributed by atoms with Crippen LogP contribution in [0, 0.1) is 0 Å². The highest BCUT2D eigenvalue weighted by Crippen LogP contribution is 2.09. The molecule has 0 aliphatic heterocycles. The van der Waals surface area contributed by atoms with Gasteiger partial charge in [-0.3, -0.25) is 4.79 Å². The Morgan fingerprint density at radius 2 is 2.00 bits per heavy atom. The Labute approximate surface area is 125 Å². The molecule has 0 bridgehead atoms. The summed E-state index contributed by atoms with van der Waals surface area (Å²) in [6.07, 6.45) is 3.77. The SMILES string of the molecule is CCC(COC)NC(=O)C=Cc1ccc(S(N)(=O)=O)cc1. The molecule has 7 heteroatoms. The number of methoxy groups -OCH3 is 1. The summed E-state index contributed by atoms with van der Waals surface area (Å²) in [5.41, 5.74) is 0.706. The van der Waals surface area contributed by atoms with Gasteiger partial charge in [-0.1, -0.05) is 19.1 Å². The van der Waals surface area contributed by atoms with Crippen molar-refractivity contribution < 1.29 is 17.9 Å². The average molecular weight is 312 g/mol. The van der Waals surface area contributed by atoms with Crippen LogP contribution in [-0.4, -0.2) is 34.1 Å². The van der Waals surface area contributed by atoms with Gasteiger partial charge in [0.25, 0.3) is 0 Å². The molecule has 21 heavy (non-hydrogen) atoms. The summed E-state index contributed by atoms with van der Waals surface area (Å²) >= 11 is 0. The summed E-state index contributed by atoms with van der Waals surface area (Å²) in [7, 11) is -2.11. The predicted octanol–water partition coefficient (Wildman–Crippen LogP) is 0.888. The Kier molecular flexibility index (Phi) is 6.54. The molecule has 0 aliphatic carbocycles.